The topological polar surface area (TPSA) is 6.48 Å². The second kappa shape index (κ2) is 6.87. The smallest absolute Gasteiger partial charge is 0.0307 e. The van der Waals surface area contributed by atoms with Crippen LogP contribution in [0.4, 0.5) is 0 Å². The van der Waals surface area contributed by atoms with Crippen LogP contribution in [0.3, 0.4) is 0 Å². The van der Waals surface area contributed by atoms with Gasteiger partial charge in [0, 0.05) is 22.6 Å². The lowest BCUT2D eigenvalue weighted by Crippen LogP contribution is -2.34. The monoisotopic (exact) mass is 288 g/mol. The normalized spacial score (nSPS) is 37.0. The molecule has 0 N–H and O–H groups in total. The third kappa shape index (κ3) is 3.59. The predicted octanol–water partition coefficient (Wildman–Crippen LogP) is 3.33. The first kappa shape index (κ1) is 15.0. The van der Waals surface area contributed by atoms with Crippen LogP contribution in [0.15, 0.2) is 0 Å². The summed E-state index contributed by atoms with van der Waals surface area (Å²) in [6, 6.07) is 1.61. The largest absolute Gasteiger partial charge is 0.305 e. The first-order valence-electron chi connectivity index (χ1n) is 7.24. The summed E-state index contributed by atoms with van der Waals surface area (Å²) in [6.07, 6.45) is 8.46. The lowest BCUT2D eigenvalue weighted by molar-refractivity contribution is 0.303. The third-order valence-corrected chi connectivity index (χ3v) is 7.99. The molecule has 0 amide bonds. The second-order valence-corrected chi connectivity index (χ2v) is 8.94. The van der Waals surface area contributed by atoms with Crippen LogP contribution in [-0.4, -0.2) is 60.6 Å². The molecule has 4 unspecified atom stereocenters. The molecule has 0 saturated heterocycles. The molecule has 0 aromatic carbocycles. The minimum Gasteiger partial charge on any atom is -0.305 e. The maximum Gasteiger partial charge on any atom is 0.0307 e. The highest BCUT2D eigenvalue weighted by atomic mass is 33.1. The van der Waals surface area contributed by atoms with Gasteiger partial charge in [0.2, 0.25) is 0 Å². The van der Waals surface area contributed by atoms with E-state index in [2.05, 4.69) is 59.6 Å². The minimum atomic E-state index is 0.807. The van der Waals surface area contributed by atoms with Crippen molar-refractivity contribution in [2.75, 3.05) is 28.2 Å². The van der Waals surface area contributed by atoms with E-state index in [0.29, 0.717) is 0 Å². The van der Waals surface area contributed by atoms with E-state index in [9.17, 15) is 0 Å². The highest BCUT2D eigenvalue weighted by molar-refractivity contribution is 8.77. The molecular weight excluding hydrogens is 260 g/mol. The van der Waals surface area contributed by atoms with Gasteiger partial charge in [-0.3, -0.25) is 0 Å². The average Bonchev–Trinajstić information content (AvgIpc) is 2.94. The molecule has 2 nitrogen and oxygen atoms in total. The maximum absolute atomic E-state index is 2.43. The summed E-state index contributed by atoms with van der Waals surface area (Å²) in [5.74, 6) is 0. The van der Waals surface area contributed by atoms with Gasteiger partial charge < -0.3 is 9.80 Å². The Hall–Kier alpha value is 0.620. The summed E-state index contributed by atoms with van der Waals surface area (Å²) in [5, 5.41) is 1.71. The first-order valence-corrected chi connectivity index (χ1v) is 9.52. The van der Waals surface area contributed by atoms with Crippen molar-refractivity contribution in [1.82, 2.24) is 9.80 Å². The van der Waals surface area contributed by atoms with Gasteiger partial charge in [0.25, 0.3) is 0 Å². The zero-order chi connectivity index (χ0) is 13.1. The summed E-state index contributed by atoms with van der Waals surface area (Å²) >= 11 is 0. The summed E-state index contributed by atoms with van der Waals surface area (Å²) in [4.78, 5) is 4.87. The number of nitrogens with zero attached hydrogens (tertiary/aromatic N) is 2. The molecule has 0 aromatic heterocycles. The van der Waals surface area contributed by atoms with E-state index in [0.717, 1.165) is 22.6 Å². The molecule has 0 aliphatic heterocycles. The number of hydrogen-bond acceptors (Lipinski definition) is 4. The molecule has 106 valence electrons. The summed E-state index contributed by atoms with van der Waals surface area (Å²) in [5.41, 5.74) is 0. The fraction of sp³-hybridized carbons (Fsp3) is 1.00. The average molecular weight is 289 g/mol. The van der Waals surface area contributed by atoms with Crippen molar-refractivity contribution in [2.45, 2.75) is 61.1 Å². The fourth-order valence-corrected chi connectivity index (χ4v) is 7.39. The quantitative estimate of drug-likeness (QED) is 0.716. The Labute approximate surface area is 121 Å². The van der Waals surface area contributed by atoms with Crippen molar-refractivity contribution >= 4 is 21.6 Å². The highest BCUT2D eigenvalue weighted by Gasteiger charge is 2.34. The number of rotatable bonds is 5. The molecule has 2 aliphatic carbocycles. The Kier molecular flexibility index (Phi) is 5.73. The predicted molar refractivity (Wildman–Crippen MR) is 85.4 cm³/mol. The Morgan fingerprint density at radius 2 is 1.06 bits per heavy atom. The summed E-state index contributed by atoms with van der Waals surface area (Å²) < 4.78 is 0. The summed E-state index contributed by atoms with van der Waals surface area (Å²) in [7, 11) is 13.3. The lowest BCUT2D eigenvalue weighted by atomic mass is 10.2. The van der Waals surface area contributed by atoms with Gasteiger partial charge in [0.15, 0.2) is 0 Å². The van der Waals surface area contributed by atoms with Gasteiger partial charge >= 0.3 is 0 Å². The van der Waals surface area contributed by atoms with E-state index in [4.69, 9.17) is 0 Å². The van der Waals surface area contributed by atoms with Crippen molar-refractivity contribution in [3.05, 3.63) is 0 Å². The second-order valence-electron chi connectivity index (χ2n) is 6.19. The maximum atomic E-state index is 2.43. The molecule has 2 saturated carbocycles. The summed E-state index contributed by atoms with van der Waals surface area (Å²) in [6.45, 7) is 0. The van der Waals surface area contributed by atoms with Gasteiger partial charge in [-0.2, -0.15) is 0 Å². The molecule has 4 heteroatoms. The van der Waals surface area contributed by atoms with Crippen LogP contribution < -0.4 is 0 Å². The molecule has 2 fully saturated rings. The Balaban J connectivity index is 1.80. The van der Waals surface area contributed by atoms with E-state index < -0.39 is 0 Å². The van der Waals surface area contributed by atoms with Crippen LogP contribution >= 0.6 is 21.6 Å². The van der Waals surface area contributed by atoms with Crippen molar-refractivity contribution in [1.29, 1.82) is 0 Å². The van der Waals surface area contributed by atoms with E-state index in [1.807, 2.05) is 0 Å². The van der Waals surface area contributed by atoms with E-state index in [1.165, 1.54) is 38.5 Å². The Morgan fingerprint density at radius 3 is 1.39 bits per heavy atom. The van der Waals surface area contributed by atoms with Gasteiger partial charge in [-0.15, -0.1) is 0 Å². The molecule has 0 spiro atoms. The molecule has 0 radical (unpaired) electrons. The van der Waals surface area contributed by atoms with E-state index >= 15 is 0 Å². The third-order valence-electron chi connectivity index (χ3n) is 4.46. The zero-order valence-electron chi connectivity index (χ0n) is 12.3. The van der Waals surface area contributed by atoms with Crippen LogP contribution in [-0.2, 0) is 0 Å². The van der Waals surface area contributed by atoms with Gasteiger partial charge in [0.1, 0.15) is 0 Å². The molecule has 0 bridgehead atoms. The first-order chi connectivity index (χ1) is 8.59. The van der Waals surface area contributed by atoms with Gasteiger partial charge in [-0.1, -0.05) is 34.4 Å². The highest BCUT2D eigenvalue weighted by Crippen LogP contribution is 2.45. The van der Waals surface area contributed by atoms with Crippen LogP contribution in [0.5, 0.6) is 0 Å². The van der Waals surface area contributed by atoms with Gasteiger partial charge in [-0.25, -0.2) is 0 Å². The van der Waals surface area contributed by atoms with Crippen molar-refractivity contribution in [3.8, 4) is 0 Å². The fourth-order valence-electron chi connectivity index (χ4n) is 3.36. The van der Waals surface area contributed by atoms with E-state index in [1.54, 1.807) is 0 Å². The Bertz CT molecular complexity index is 232. The standard InChI is InChI=1S/C14H28N2S2/c1-15(2)11-7-5-9-13(11)17-18-14-10-6-8-12(14)16(3)4/h11-14H,5-10H2,1-4H3. The van der Waals surface area contributed by atoms with Gasteiger partial charge in [0.05, 0.1) is 0 Å². The number of hydrogen-bond donors (Lipinski definition) is 0. The van der Waals surface area contributed by atoms with Crippen LogP contribution in [0, 0.1) is 0 Å². The zero-order valence-corrected chi connectivity index (χ0v) is 13.9. The van der Waals surface area contributed by atoms with E-state index in [-0.39, 0.29) is 0 Å². The molecule has 2 aliphatic rings. The van der Waals surface area contributed by atoms with Crippen molar-refractivity contribution < 1.29 is 0 Å². The minimum absolute atomic E-state index is 0.807. The Morgan fingerprint density at radius 1 is 0.667 bits per heavy atom. The molecule has 0 heterocycles. The molecular formula is C14H28N2S2. The lowest BCUT2D eigenvalue weighted by Gasteiger charge is -2.29. The van der Waals surface area contributed by atoms with Crippen LogP contribution in [0.25, 0.3) is 0 Å². The van der Waals surface area contributed by atoms with Crippen molar-refractivity contribution in [3.63, 3.8) is 0 Å². The van der Waals surface area contributed by atoms with Crippen molar-refractivity contribution in [2.24, 2.45) is 0 Å². The molecule has 18 heavy (non-hydrogen) atoms. The van der Waals surface area contributed by atoms with Gasteiger partial charge in [-0.05, 0) is 53.9 Å². The molecule has 4 atom stereocenters. The SMILES string of the molecule is CN(C)C1CCCC1SSC1CCCC1N(C)C. The molecule has 0 aromatic rings. The van der Waals surface area contributed by atoms with Crippen LogP contribution in [0.2, 0.25) is 0 Å². The molecule has 2 rings (SSSR count). The van der Waals surface area contributed by atoms with Crippen LogP contribution in [0.1, 0.15) is 38.5 Å².